The Hall–Kier alpha value is -2.38. The van der Waals surface area contributed by atoms with E-state index in [2.05, 4.69) is 27.1 Å². The van der Waals surface area contributed by atoms with Gasteiger partial charge in [-0.3, -0.25) is 0 Å². The van der Waals surface area contributed by atoms with E-state index >= 15 is 0 Å². The zero-order valence-electron chi connectivity index (χ0n) is 15.9. The predicted octanol–water partition coefficient (Wildman–Crippen LogP) is 4.40. The number of halogens is 1. The van der Waals surface area contributed by atoms with Crippen molar-refractivity contribution in [3.63, 3.8) is 0 Å². The Bertz CT molecular complexity index is 892. The van der Waals surface area contributed by atoms with Crippen LogP contribution in [0.2, 0.25) is 0 Å². The lowest BCUT2D eigenvalue weighted by Crippen LogP contribution is -2.26. The summed E-state index contributed by atoms with van der Waals surface area (Å²) in [7, 11) is 0. The van der Waals surface area contributed by atoms with Gasteiger partial charge in [0, 0.05) is 30.6 Å². The summed E-state index contributed by atoms with van der Waals surface area (Å²) >= 11 is 1.54. The summed E-state index contributed by atoms with van der Waals surface area (Å²) in [5.74, 6) is 0.543. The first-order valence-electron chi connectivity index (χ1n) is 9.69. The summed E-state index contributed by atoms with van der Waals surface area (Å²) in [5, 5.41) is 6.25. The van der Waals surface area contributed by atoms with Crippen LogP contribution in [0.15, 0.2) is 42.0 Å². The van der Waals surface area contributed by atoms with Crippen LogP contribution in [0.5, 0.6) is 0 Å². The maximum absolute atomic E-state index is 13.3. The third-order valence-electron chi connectivity index (χ3n) is 5.15. The van der Waals surface area contributed by atoms with E-state index in [4.69, 9.17) is 4.98 Å². The SMILES string of the molecule is CC(c1ccc(F)cc1)c1nc(-c2nccs2)cnc1NCCN1CCCC1. The zero-order chi connectivity index (χ0) is 19.3. The molecule has 1 unspecified atom stereocenters. The quantitative estimate of drug-likeness (QED) is 0.640. The molecule has 2 aromatic heterocycles. The van der Waals surface area contributed by atoms with Crippen LogP contribution in [0.3, 0.4) is 0 Å². The predicted molar refractivity (Wildman–Crippen MR) is 111 cm³/mol. The van der Waals surface area contributed by atoms with Crippen molar-refractivity contribution < 1.29 is 4.39 Å². The molecule has 4 rings (SSSR count). The molecule has 1 aliphatic heterocycles. The Morgan fingerprint density at radius 3 is 2.68 bits per heavy atom. The van der Waals surface area contributed by atoms with Crippen molar-refractivity contribution in [3.05, 3.63) is 59.1 Å². The highest BCUT2D eigenvalue weighted by atomic mass is 32.1. The van der Waals surface area contributed by atoms with Crippen LogP contribution >= 0.6 is 11.3 Å². The van der Waals surface area contributed by atoms with Gasteiger partial charge in [-0.2, -0.15) is 0 Å². The molecule has 0 amide bonds. The molecule has 3 aromatic rings. The number of likely N-dealkylation sites (tertiary alicyclic amines) is 1. The number of benzene rings is 1. The van der Waals surface area contributed by atoms with Crippen LogP contribution in [0.1, 0.15) is 36.9 Å². The molecule has 1 aromatic carbocycles. The molecule has 7 heteroatoms. The molecule has 0 radical (unpaired) electrons. The lowest BCUT2D eigenvalue weighted by Gasteiger charge is -2.19. The first-order valence-corrected chi connectivity index (χ1v) is 10.6. The average Bonchev–Trinajstić information content (AvgIpc) is 3.42. The van der Waals surface area contributed by atoms with Gasteiger partial charge in [-0.1, -0.05) is 19.1 Å². The van der Waals surface area contributed by atoms with Crippen LogP contribution in [-0.4, -0.2) is 46.0 Å². The molecular weight excluding hydrogens is 373 g/mol. The van der Waals surface area contributed by atoms with E-state index in [9.17, 15) is 4.39 Å². The van der Waals surface area contributed by atoms with Gasteiger partial charge in [-0.25, -0.2) is 19.3 Å². The minimum absolute atomic E-state index is 0.0118. The van der Waals surface area contributed by atoms with Gasteiger partial charge in [0.1, 0.15) is 22.3 Å². The molecule has 0 aliphatic carbocycles. The molecule has 1 aliphatic rings. The Balaban J connectivity index is 1.59. The van der Waals surface area contributed by atoms with Gasteiger partial charge in [-0.05, 0) is 43.6 Å². The fourth-order valence-electron chi connectivity index (χ4n) is 3.54. The minimum Gasteiger partial charge on any atom is -0.367 e. The number of hydrogen-bond acceptors (Lipinski definition) is 6. The minimum atomic E-state index is -0.234. The molecule has 0 bridgehead atoms. The van der Waals surface area contributed by atoms with Crippen molar-refractivity contribution in [3.8, 4) is 10.7 Å². The van der Waals surface area contributed by atoms with Crippen molar-refractivity contribution in [2.24, 2.45) is 0 Å². The number of hydrogen-bond donors (Lipinski definition) is 1. The van der Waals surface area contributed by atoms with E-state index in [0.29, 0.717) is 0 Å². The van der Waals surface area contributed by atoms with Gasteiger partial charge in [0.25, 0.3) is 0 Å². The highest BCUT2D eigenvalue weighted by Gasteiger charge is 2.19. The molecule has 28 heavy (non-hydrogen) atoms. The maximum atomic E-state index is 13.3. The Morgan fingerprint density at radius 2 is 1.96 bits per heavy atom. The van der Waals surface area contributed by atoms with E-state index in [1.54, 1.807) is 23.7 Å². The van der Waals surface area contributed by atoms with Gasteiger partial charge in [0.15, 0.2) is 0 Å². The highest BCUT2D eigenvalue weighted by Crippen LogP contribution is 2.30. The molecule has 146 valence electrons. The molecule has 1 N–H and O–H groups in total. The third-order valence-corrected chi connectivity index (χ3v) is 5.95. The molecule has 0 spiro atoms. The summed E-state index contributed by atoms with van der Waals surface area (Å²) in [4.78, 5) is 16.4. The van der Waals surface area contributed by atoms with Crippen molar-refractivity contribution in [2.45, 2.75) is 25.7 Å². The molecule has 3 heterocycles. The second-order valence-corrected chi connectivity index (χ2v) is 7.97. The van der Waals surface area contributed by atoms with Gasteiger partial charge in [-0.15, -0.1) is 11.3 Å². The number of thiazole rings is 1. The molecule has 1 atom stereocenters. The largest absolute Gasteiger partial charge is 0.367 e. The Morgan fingerprint density at radius 1 is 1.18 bits per heavy atom. The van der Waals surface area contributed by atoms with Gasteiger partial charge in [0.05, 0.1) is 11.9 Å². The third kappa shape index (κ3) is 4.36. The maximum Gasteiger partial charge on any atom is 0.148 e. The summed E-state index contributed by atoms with van der Waals surface area (Å²) in [5.41, 5.74) is 2.64. The van der Waals surface area contributed by atoms with Crippen LogP contribution in [0.4, 0.5) is 10.2 Å². The standard InChI is InChI=1S/C21H24FN5S/c1-15(16-4-6-17(22)7-5-16)19-20(23-8-12-27-10-2-3-11-27)25-14-18(26-19)21-24-9-13-28-21/h4-7,9,13-15H,2-3,8,10-12H2,1H3,(H,23,25). The van der Waals surface area contributed by atoms with Gasteiger partial charge < -0.3 is 10.2 Å². The van der Waals surface area contributed by atoms with Gasteiger partial charge >= 0.3 is 0 Å². The van der Waals surface area contributed by atoms with E-state index in [1.165, 1.54) is 38.1 Å². The monoisotopic (exact) mass is 397 g/mol. The number of nitrogens with zero attached hydrogens (tertiary/aromatic N) is 4. The van der Waals surface area contributed by atoms with Crippen molar-refractivity contribution in [1.82, 2.24) is 19.9 Å². The normalized spacial score (nSPS) is 15.6. The number of rotatable bonds is 7. The Labute approximate surface area is 168 Å². The second-order valence-electron chi connectivity index (χ2n) is 7.08. The Kier molecular flexibility index (Phi) is 5.92. The highest BCUT2D eigenvalue weighted by molar-refractivity contribution is 7.13. The average molecular weight is 398 g/mol. The number of anilines is 1. The van der Waals surface area contributed by atoms with Crippen LogP contribution in [-0.2, 0) is 0 Å². The molecular formula is C21H24FN5S. The molecule has 1 fully saturated rings. The first-order chi connectivity index (χ1) is 13.7. The molecule has 1 saturated heterocycles. The van der Waals surface area contributed by atoms with Crippen LogP contribution in [0, 0.1) is 5.82 Å². The summed E-state index contributed by atoms with van der Waals surface area (Å²) in [6.07, 6.45) is 6.12. The van der Waals surface area contributed by atoms with E-state index in [0.717, 1.165) is 40.9 Å². The van der Waals surface area contributed by atoms with Crippen molar-refractivity contribution in [1.29, 1.82) is 0 Å². The van der Waals surface area contributed by atoms with E-state index in [1.807, 2.05) is 17.5 Å². The first kappa shape index (κ1) is 19.0. The fraction of sp³-hybridized carbons (Fsp3) is 0.381. The van der Waals surface area contributed by atoms with Crippen LogP contribution < -0.4 is 5.32 Å². The van der Waals surface area contributed by atoms with E-state index in [-0.39, 0.29) is 11.7 Å². The molecule has 5 nitrogen and oxygen atoms in total. The van der Waals surface area contributed by atoms with Crippen molar-refractivity contribution >= 4 is 17.2 Å². The lowest BCUT2D eigenvalue weighted by atomic mass is 9.97. The van der Waals surface area contributed by atoms with E-state index < -0.39 is 0 Å². The second kappa shape index (κ2) is 8.75. The summed E-state index contributed by atoms with van der Waals surface area (Å²) in [6, 6.07) is 6.60. The van der Waals surface area contributed by atoms with Crippen molar-refractivity contribution in [2.75, 3.05) is 31.5 Å². The summed E-state index contributed by atoms with van der Waals surface area (Å²) in [6.45, 7) is 6.26. The smallest absolute Gasteiger partial charge is 0.148 e. The summed E-state index contributed by atoms with van der Waals surface area (Å²) < 4.78 is 13.3. The lowest BCUT2D eigenvalue weighted by molar-refractivity contribution is 0.352. The molecule has 0 saturated carbocycles. The number of aromatic nitrogens is 3. The number of nitrogens with one attached hydrogen (secondary N) is 1. The van der Waals surface area contributed by atoms with Gasteiger partial charge in [0.2, 0.25) is 0 Å². The fourth-order valence-corrected chi connectivity index (χ4v) is 4.13. The zero-order valence-corrected chi connectivity index (χ0v) is 16.8. The topological polar surface area (TPSA) is 53.9 Å². The van der Waals surface area contributed by atoms with Crippen LogP contribution in [0.25, 0.3) is 10.7 Å².